The second-order valence-corrected chi connectivity index (χ2v) is 6.42. The van der Waals surface area contributed by atoms with Gasteiger partial charge in [-0.1, -0.05) is 35.5 Å². The molecular formula is C19H15F3N4O. The first kappa shape index (κ1) is 17.3. The number of anilines is 1. The maximum Gasteiger partial charge on any atom is 0.418 e. The molecule has 0 saturated carbocycles. The fraction of sp³-hybridized carbons (Fsp3) is 0.211. The summed E-state index contributed by atoms with van der Waals surface area (Å²) >= 11 is 0. The number of alkyl halides is 3. The van der Waals surface area contributed by atoms with Crippen molar-refractivity contribution in [1.29, 1.82) is 0 Å². The molecule has 138 valence electrons. The molecule has 27 heavy (non-hydrogen) atoms. The number of fused-ring (bicyclic) bond motifs is 1. The number of amides is 1. The van der Waals surface area contributed by atoms with Crippen molar-refractivity contribution in [1.82, 2.24) is 15.0 Å². The van der Waals surface area contributed by atoms with Crippen LogP contribution in [0.2, 0.25) is 0 Å². The molecule has 8 heteroatoms. The highest BCUT2D eigenvalue weighted by Crippen LogP contribution is 2.34. The highest BCUT2D eigenvalue weighted by Gasteiger charge is 2.35. The van der Waals surface area contributed by atoms with E-state index in [-0.39, 0.29) is 23.3 Å². The molecule has 0 radical (unpaired) electrons. The summed E-state index contributed by atoms with van der Waals surface area (Å²) in [6.07, 6.45) is -2.58. The molecule has 1 aromatic heterocycles. The van der Waals surface area contributed by atoms with Crippen molar-refractivity contribution in [3.63, 3.8) is 0 Å². The van der Waals surface area contributed by atoms with Crippen molar-refractivity contribution < 1.29 is 18.0 Å². The minimum atomic E-state index is -4.53. The first-order valence-corrected chi connectivity index (χ1v) is 8.36. The molecule has 1 aliphatic rings. The van der Waals surface area contributed by atoms with Crippen LogP contribution in [0.4, 0.5) is 18.9 Å². The summed E-state index contributed by atoms with van der Waals surface area (Å²) in [6.45, 7) is 1.92. The van der Waals surface area contributed by atoms with E-state index >= 15 is 0 Å². The standard InChI is InChI=1S/C19H15F3N4O/c1-12-10-13-6-2-4-8-16(13)26(12)18(27)15-11-25(24-23-15)17-9-5-3-7-14(17)19(20,21)22/h2-9,11-12H,10H2,1H3. The molecule has 1 amide bonds. The molecule has 0 saturated heterocycles. The van der Waals surface area contributed by atoms with E-state index < -0.39 is 11.7 Å². The Bertz CT molecular complexity index is 1010. The Kier molecular flexibility index (Phi) is 3.98. The summed E-state index contributed by atoms with van der Waals surface area (Å²) in [7, 11) is 0. The Morgan fingerprint density at radius 2 is 1.74 bits per heavy atom. The Hall–Kier alpha value is -3.16. The van der Waals surface area contributed by atoms with Crippen molar-refractivity contribution in [2.45, 2.75) is 25.6 Å². The van der Waals surface area contributed by atoms with E-state index in [1.54, 1.807) is 4.90 Å². The fourth-order valence-electron chi connectivity index (χ4n) is 3.39. The third-order valence-corrected chi connectivity index (χ3v) is 4.59. The molecule has 0 aliphatic carbocycles. The number of benzene rings is 2. The van der Waals surface area contributed by atoms with Gasteiger partial charge in [0.15, 0.2) is 5.69 Å². The number of rotatable bonds is 2. The molecule has 2 heterocycles. The quantitative estimate of drug-likeness (QED) is 0.686. The van der Waals surface area contributed by atoms with Crippen LogP contribution in [0.25, 0.3) is 5.69 Å². The number of halogens is 3. The number of carbonyl (C=O) groups is 1. The smallest absolute Gasteiger partial charge is 0.304 e. The minimum absolute atomic E-state index is 0.00414. The lowest BCUT2D eigenvalue weighted by atomic mass is 10.1. The molecular weight excluding hydrogens is 357 g/mol. The molecule has 2 aromatic carbocycles. The Morgan fingerprint density at radius 3 is 2.48 bits per heavy atom. The zero-order valence-corrected chi connectivity index (χ0v) is 14.3. The van der Waals surface area contributed by atoms with E-state index in [9.17, 15) is 18.0 Å². The number of carbonyl (C=O) groups excluding carboxylic acids is 1. The van der Waals surface area contributed by atoms with Crippen LogP contribution in [0.1, 0.15) is 28.5 Å². The predicted molar refractivity (Wildman–Crippen MR) is 92.8 cm³/mol. The van der Waals surface area contributed by atoms with Crippen LogP contribution in [-0.2, 0) is 12.6 Å². The van der Waals surface area contributed by atoms with Gasteiger partial charge in [-0.2, -0.15) is 13.2 Å². The molecule has 3 aromatic rings. The Balaban J connectivity index is 1.70. The molecule has 0 bridgehead atoms. The predicted octanol–water partition coefficient (Wildman–Crippen LogP) is 3.88. The lowest BCUT2D eigenvalue weighted by molar-refractivity contribution is -0.137. The molecule has 1 atom stereocenters. The van der Waals surface area contributed by atoms with Gasteiger partial charge in [-0.05, 0) is 37.1 Å². The average Bonchev–Trinajstić information content (AvgIpc) is 3.24. The molecule has 5 nitrogen and oxygen atoms in total. The van der Waals surface area contributed by atoms with Gasteiger partial charge in [0.25, 0.3) is 5.91 Å². The summed E-state index contributed by atoms with van der Waals surface area (Å²) in [5.41, 5.74) is 0.823. The van der Waals surface area contributed by atoms with Crippen molar-refractivity contribution in [2.75, 3.05) is 4.90 Å². The van der Waals surface area contributed by atoms with Gasteiger partial charge in [0.05, 0.1) is 17.4 Å². The van der Waals surface area contributed by atoms with Gasteiger partial charge < -0.3 is 4.90 Å². The lowest BCUT2D eigenvalue weighted by Gasteiger charge is -2.21. The van der Waals surface area contributed by atoms with Crippen molar-refractivity contribution in [3.05, 3.63) is 71.5 Å². The highest BCUT2D eigenvalue weighted by molar-refractivity contribution is 6.06. The average molecular weight is 372 g/mol. The summed E-state index contributed by atoms with van der Waals surface area (Å²) < 4.78 is 40.7. The summed E-state index contributed by atoms with van der Waals surface area (Å²) in [5, 5.41) is 7.58. The van der Waals surface area contributed by atoms with Gasteiger partial charge in [-0.15, -0.1) is 5.10 Å². The highest BCUT2D eigenvalue weighted by atomic mass is 19.4. The second-order valence-electron chi connectivity index (χ2n) is 6.42. The minimum Gasteiger partial charge on any atom is -0.304 e. The van der Waals surface area contributed by atoms with E-state index in [1.165, 1.54) is 24.4 Å². The Labute approximate surface area is 153 Å². The number of aromatic nitrogens is 3. The maximum atomic E-state index is 13.2. The molecule has 0 spiro atoms. The van der Waals surface area contributed by atoms with Gasteiger partial charge in [0.1, 0.15) is 0 Å². The first-order valence-electron chi connectivity index (χ1n) is 8.36. The van der Waals surface area contributed by atoms with E-state index in [0.29, 0.717) is 6.42 Å². The summed E-state index contributed by atoms with van der Waals surface area (Å²) in [4.78, 5) is 14.5. The van der Waals surface area contributed by atoms with E-state index in [4.69, 9.17) is 0 Å². The van der Waals surface area contributed by atoms with Crippen LogP contribution in [0.5, 0.6) is 0 Å². The van der Waals surface area contributed by atoms with Crippen molar-refractivity contribution in [2.24, 2.45) is 0 Å². The number of nitrogens with zero attached hydrogens (tertiary/aromatic N) is 4. The molecule has 0 N–H and O–H groups in total. The number of para-hydroxylation sites is 2. The Morgan fingerprint density at radius 1 is 1.07 bits per heavy atom. The SMILES string of the molecule is CC1Cc2ccccc2N1C(=O)c1cn(-c2ccccc2C(F)(F)F)nn1. The van der Waals surface area contributed by atoms with E-state index in [1.807, 2.05) is 31.2 Å². The lowest BCUT2D eigenvalue weighted by Crippen LogP contribution is -2.35. The van der Waals surface area contributed by atoms with Crippen LogP contribution >= 0.6 is 0 Å². The number of hydrogen-bond donors (Lipinski definition) is 0. The van der Waals surface area contributed by atoms with Gasteiger partial charge in [-0.3, -0.25) is 4.79 Å². The third-order valence-electron chi connectivity index (χ3n) is 4.59. The molecule has 1 unspecified atom stereocenters. The van der Waals surface area contributed by atoms with Crippen LogP contribution in [0, 0.1) is 0 Å². The topological polar surface area (TPSA) is 51.0 Å². The van der Waals surface area contributed by atoms with Gasteiger partial charge in [-0.25, -0.2) is 4.68 Å². The fourth-order valence-corrected chi connectivity index (χ4v) is 3.39. The normalized spacial score (nSPS) is 16.4. The van der Waals surface area contributed by atoms with Crippen LogP contribution in [-0.4, -0.2) is 26.9 Å². The third kappa shape index (κ3) is 2.97. The van der Waals surface area contributed by atoms with E-state index in [0.717, 1.165) is 22.0 Å². The number of hydrogen-bond acceptors (Lipinski definition) is 3. The largest absolute Gasteiger partial charge is 0.418 e. The van der Waals surface area contributed by atoms with Crippen LogP contribution < -0.4 is 4.90 Å². The van der Waals surface area contributed by atoms with Crippen LogP contribution in [0.3, 0.4) is 0 Å². The molecule has 1 aliphatic heterocycles. The van der Waals surface area contributed by atoms with Crippen molar-refractivity contribution in [3.8, 4) is 5.69 Å². The van der Waals surface area contributed by atoms with Gasteiger partial charge in [0, 0.05) is 11.7 Å². The van der Waals surface area contributed by atoms with Crippen LogP contribution in [0.15, 0.2) is 54.7 Å². The van der Waals surface area contributed by atoms with Gasteiger partial charge >= 0.3 is 6.18 Å². The second kappa shape index (κ2) is 6.22. The monoisotopic (exact) mass is 372 g/mol. The summed E-state index contributed by atoms with van der Waals surface area (Å²) in [5.74, 6) is -0.386. The first-order chi connectivity index (χ1) is 12.9. The van der Waals surface area contributed by atoms with Crippen molar-refractivity contribution >= 4 is 11.6 Å². The van der Waals surface area contributed by atoms with E-state index in [2.05, 4.69) is 10.3 Å². The maximum absolute atomic E-state index is 13.2. The zero-order chi connectivity index (χ0) is 19.2. The molecule has 4 rings (SSSR count). The molecule has 0 fully saturated rings. The zero-order valence-electron chi connectivity index (χ0n) is 14.3. The van der Waals surface area contributed by atoms with Gasteiger partial charge in [0.2, 0.25) is 0 Å². The summed E-state index contributed by atoms with van der Waals surface area (Å²) in [6, 6.07) is 12.5.